The van der Waals surface area contributed by atoms with E-state index in [0.717, 1.165) is 25.2 Å². The summed E-state index contributed by atoms with van der Waals surface area (Å²) in [6.45, 7) is 3.33. The van der Waals surface area contributed by atoms with E-state index in [9.17, 15) is 4.79 Å². The zero-order chi connectivity index (χ0) is 12.3. The van der Waals surface area contributed by atoms with Gasteiger partial charge in [0.15, 0.2) is 0 Å². The standard InChI is InChI=1S/C14H18O3/c1-10(14(15)16)8-11-4-2-3-5-13(11)12-6-7-17-9-12/h2-5,10,12H,6-9H2,1H3,(H,15,16). The summed E-state index contributed by atoms with van der Waals surface area (Å²) in [5.74, 6) is -0.631. The Hall–Kier alpha value is -1.35. The Balaban J connectivity index is 2.18. The first-order chi connectivity index (χ1) is 8.18. The smallest absolute Gasteiger partial charge is 0.306 e. The van der Waals surface area contributed by atoms with Crippen LogP contribution in [-0.4, -0.2) is 24.3 Å². The lowest BCUT2D eigenvalue weighted by molar-refractivity contribution is -0.141. The molecule has 1 aliphatic rings. The van der Waals surface area contributed by atoms with Gasteiger partial charge in [-0.2, -0.15) is 0 Å². The molecule has 0 saturated carbocycles. The summed E-state index contributed by atoms with van der Waals surface area (Å²) >= 11 is 0. The molecule has 0 amide bonds. The fourth-order valence-corrected chi connectivity index (χ4v) is 2.32. The Labute approximate surface area is 101 Å². The van der Waals surface area contributed by atoms with Crippen molar-refractivity contribution in [3.63, 3.8) is 0 Å². The molecule has 1 aliphatic heterocycles. The predicted molar refractivity (Wildman–Crippen MR) is 65.1 cm³/mol. The number of ether oxygens (including phenoxy) is 1. The van der Waals surface area contributed by atoms with Crippen LogP contribution in [-0.2, 0) is 16.0 Å². The molecule has 1 aromatic rings. The number of carbonyl (C=O) groups is 1. The third kappa shape index (κ3) is 2.86. The molecule has 17 heavy (non-hydrogen) atoms. The van der Waals surface area contributed by atoms with Gasteiger partial charge in [-0.15, -0.1) is 0 Å². The quantitative estimate of drug-likeness (QED) is 0.870. The number of aliphatic carboxylic acids is 1. The molecule has 2 unspecified atom stereocenters. The number of carboxylic acid groups (broad SMARTS) is 1. The van der Waals surface area contributed by atoms with Crippen LogP contribution in [0, 0.1) is 5.92 Å². The van der Waals surface area contributed by atoms with E-state index in [2.05, 4.69) is 6.07 Å². The lowest BCUT2D eigenvalue weighted by Crippen LogP contribution is -2.14. The van der Waals surface area contributed by atoms with E-state index >= 15 is 0 Å². The second-order valence-electron chi connectivity index (χ2n) is 4.70. The Bertz CT molecular complexity index is 394. The van der Waals surface area contributed by atoms with Gasteiger partial charge in [0.1, 0.15) is 0 Å². The van der Waals surface area contributed by atoms with Crippen LogP contribution in [0.1, 0.15) is 30.4 Å². The highest BCUT2D eigenvalue weighted by molar-refractivity contribution is 5.70. The maximum Gasteiger partial charge on any atom is 0.306 e. The molecule has 0 aromatic heterocycles. The second-order valence-corrected chi connectivity index (χ2v) is 4.70. The number of carboxylic acids is 1. The van der Waals surface area contributed by atoms with Gasteiger partial charge in [-0.3, -0.25) is 4.79 Å². The average molecular weight is 234 g/mol. The van der Waals surface area contributed by atoms with Crippen LogP contribution in [0.3, 0.4) is 0 Å². The topological polar surface area (TPSA) is 46.5 Å². The Kier molecular flexibility index (Phi) is 3.79. The van der Waals surface area contributed by atoms with Crippen LogP contribution in [0.15, 0.2) is 24.3 Å². The minimum atomic E-state index is -0.734. The summed E-state index contributed by atoms with van der Waals surface area (Å²) in [6, 6.07) is 8.13. The third-order valence-electron chi connectivity index (χ3n) is 3.37. The number of benzene rings is 1. The molecule has 92 valence electrons. The molecule has 0 radical (unpaired) electrons. The van der Waals surface area contributed by atoms with Crippen LogP contribution in [0.25, 0.3) is 0 Å². The first kappa shape index (κ1) is 12.1. The molecule has 1 fully saturated rings. The van der Waals surface area contributed by atoms with Gasteiger partial charge >= 0.3 is 5.97 Å². The van der Waals surface area contributed by atoms with E-state index in [0.29, 0.717) is 12.3 Å². The Morgan fingerprint density at radius 1 is 1.53 bits per heavy atom. The van der Waals surface area contributed by atoms with Crippen LogP contribution < -0.4 is 0 Å². The van der Waals surface area contributed by atoms with E-state index in [1.807, 2.05) is 18.2 Å². The number of hydrogen-bond donors (Lipinski definition) is 1. The summed E-state index contributed by atoms with van der Waals surface area (Å²) < 4.78 is 5.40. The average Bonchev–Trinajstić information content (AvgIpc) is 2.83. The van der Waals surface area contributed by atoms with Gasteiger partial charge in [0.25, 0.3) is 0 Å². The van der Waals surface area contributed by atoms with Gasteiger partial charge < -0.3 is 9.84 Å². The van der Waals surface area contributed by atoms with Crippen LogP contribution in [0.5, 0.6) is 0 Å². The molecule has 3 heteroatoms. The van der Waals surface area contributed by atoms with E-state index < -0.39 is 5.97 Å². The lowest BCUT2D eigenvalue weighted by Gasteiger charge is -2.15. The zero-order valence-electron chi connectivity index (χ0n) is 10.1. The second kappa shape index (κ2) is 5.32. The van der Waals surface area contributed by atoms with Crippen molar-refractivity contribution in [2.75, 3.05) is 13.2 Å². The van der Waals surface area contributed by atoms with E-state index in [-0.39, 0.29) is 5.92 Å². The highest BCUT2D eigenvalue weighted by Gasteiger charge is 2.22. The first-order valence-electron chi connectivity index (χ1n) is 6.07. The molecule has 2 rings (SSSR count). The molecule has 1 heterocycles. The van der Waals surface area contributed by atoms with Gasteiger partial charge in [0.05, 0.1) is 12.5 Å². The van der Waals surface area contributed by atoms with Crippen molar-refractivity contribution in [2.24, 2.45) is 5.92 Å². The summed E-state index contributed by atoms with van der Waals surface area (Å²) in [6.07, 6.45) is 1.64. The molecule has 0 spiro atoms. The summed E-state index contributed by atoms with van der Waals surface area (Å²) in [4.78, 5) is 10.9. The van der Waals surface area contributed by atoms with Crippen LogP contribution in [0.4, 0.5) is 0 Å². The van der Waals surface area contributed by atoms with Crippen LogP contribution >= 0.6 is 0 Å². The van der Waals surface area contributed by atoms with Gasteiger partial charge in [-0.1, -0.05) is 31.2 Å². The monoisotopic (exact) mass is 234 g/mol. The maximum absolute atomic E-state index is 10.9. The Morgan fingerprint density at radius 2 is 2.29 bits per heavy atom. The fourth-order valence-electron chi connectivity index (χ4n) is 2.32. The molecule has 1 N–H and O–H groups in total. The number of rotatable bonds is 4. The van der Waals surface area contributed by atoms with Crippen LogP contribution in [0.2, 0.25) is 0 Å². The summed E-state index contributed by atoms with van der Waals surface area (Å²) in [5, 5.41) is 8.97. The van der Waals surface area contributed by atoms with Crippen molar-refractivity contribution in [3.05, 3.63) is 35.4 Å². The van der Waals surface area contributed by atoms with Crippen molar-refractivity contribution in [2.45, 2.75) is 25.7 Å². The molecular weight excluding hydrogens is 216 g/mol. The van der Waals surface area contributed by atoms with Gasteiger partial charge in [0.2, 0.25) is 0 Å². The normalized spacial score (nSPS) is 21.4. The minimum absolute atomic E-state index is 0.335. The number of hydrogen-bond acceptors (Lipinski definition) is 2. The molecule has 2 atom stereocenters. The van der Waals surface area contributed by atoms with Crippen molar-refractivity contribution < 1.29 is 14.6 Å². The summed E-state index contributed by atoms with van der Waals surface area (Å²) in [5.41, 5.74) is 2.41. The van der Waals surface area contributed by atoms with E-state index in [1.54, 1.807) is 6.92 Å². The largest absolute Gasteiger partial charge is 0.481 e. The molecular formula is C14H18O3. The van der Waals surface area contributed by atoms with Crippen molar-refractivity contribution in [1.82, 2.24) is 0 Å². The first-order valence-corrected chi connectivity index (χ1v) is 6.07. The molecule has 0 bridgehead atoms. The van der Waals surface area contributed by atoms with Crippen molar-refractivity contribution in [3.8, 4) is 0 Å². The van der Waals surface area contributed by atoms with Crippen molar-refractivity contribution >= 4 is 5.97 Å². The molecule has 3 nitrogen and oxygen atoms in total. The SMILES string of the molecule is CC(Cc1ccccc1C1CCOC1)C(=O)O. The zero-order valence-corrected chi connectivity index (χ0v) is 10.1. The van der Waals surface area contributed by atoms with Gasteiger partial charge in [-0.05, 0) is 24.0 Å². The van der Waals surface area contributed by atoms with Gasteiger partial charge in [0, 0.05) is 12.5 Å². The fraction of sp³-hybridized carbons (Fsp3) is 0.500. The highest BCUT2D eigenvalue weighted by atomic mass is 16.5. The Morgan fingerprint density at radius 3 is 2.94 bits per heavy atom. The van der Waals surface area contributed by atoms with Gasteiger partial charge in [-0.25, -0.2) is 0 Å². The van der Waals surface area contributed by atoms with E-state index in [1.165, 1.54) is 5.56 Å². The minimum Gasteiger partial charge on any atom is -0.481 e. The van der Waals surface area contributed by atoms with Crippen molar-refractivity contribution in [1.29, 1.82) is 0 Å². The lowest BCUT2D eigenvalue weighted by atomic mass is 9.89. The predicted octanol–water partition coefficient (Wildman–Crippen LogP) is 2.45. The molecule has 1 saturated heterocycles. The highest BCUT2D eigenvalue weighted by Crippen LogP contribution is 2.29. The molecule has 0 aliphatic carbocycles. The van der Waals surface area contributed by atoms with E-state index in [4.69, 9.17) is 9.84 Å². The summed E-state index contributed by atoms with van der Waals surface area (Å²) in [7, 11) is 0. The molecule has 1 aromatic carbocycles. The maximum atomic E-state index is 10.9. The third-order valence-corrected chi connectivity index (χ3v) is 3.37.